The van der Waals surface area contributed by atoms with Crippen LogP contribution in [-0.4, -0.2) is 23.8 Å². The fraction of sp³-hybridized carbons (Fsp3) is 0.500. The molecular formula is C12H15BrN2O2S. The quantitative estimate of drug-likeness (QED) is 0.859. The molecule has 0 spiro atoms. The minimum atomic E-state index is -0.947. The predicted octanol–water partition coefficient (Wildman–Crippen LogP) is 2.12. The van der Waals surface area contributed by atoms with Gasteiger partial charge in [-0.15, -0.1) is 0 Å². The van der Waals surface area contributed by atoms with Crippen molar-refractivity contribution < 1.29 is 9.59 Å². The van der Waals surface area contributed by atoms with Gasteiger partial charge in [0.2, 0.25) is 11.8 Å². The highest BCUT2D eigenvalue weighted by molar-refractivity contribution is 9.10. The number of nitrogens with zero attached hydrogens (tertiary/aromatic N) is 1. The molecule has 1 aromatic heterocycles. The Hall–Kier alpha value is -0.880. The Labute approximate surface area is 118 Å². The lowest BCUT2D eigenvalue weighted by Gasteiger charge is -2.39. The molecule has 1 saturated carbocycles. The van der Waals surface area contributed by atoms with Crippen molar-refractivity contribution in [3.8, 4) is 0 Å². The fourth-order valence-corrected chi connectivity index (χ4v) is 3.63. The molecule has 0 bridgehead atoms. The van der Waals surface area contributed by atoms with Gasteiger partial charge < -0.3 is 10.6 Å². The summed E-state index contributed by atoms with van der Waals surface area (Å²) < 4.78 is 0.994. The van der Waals surface area contributed by atoms with Crippen LogP contribution in [0.4, 0.5) is 0 Å². The molecule has 2 N–H and O–H groups in total. The summed E-state index contributed by atoms with van der Waals surface area (Å²) in [5, 5.41) is 3.96. The third-order valence-electron chi connectivity index (χ3n) is 3.53. The molecule has 0 aliphatic heterocycles. The van der Waals surface area contributed by atoms with E-state index in [9.17, 15) is 9.59 Å². The fourth-order valence-electron chi connectivity index (χ4n) is 2.21. The third kappa shape index (κ3) is 2.19. The summed E-state index contributed by atoms with van der Waals surface area (Å²) >= 11 is 5.01. The molecule has 98 valence electrons. The van der Waals surface area contributed by atoms with E-state index >= 15 is 0 Å². The van der Waals surface area contributed by atoms with Crippen molar-refractivity contribution in [3.63, 3.8) is 0 Å². The van der Waals surface area contributed by atoms with E-state index in [1.54, 1.807) is 23.3 Å². The van der Waals surface area contributed by atoms with Crippen LogP contribution in [0.5, 0.6) is 0 Å². The van der Waals surface area contributed by atoms with E-state index in [1.165, 1.54) is 0 Å². The molecule has 0 atom stereocenters. The van der Waals surface area contributed by atoms with Crippen molar-refractivity contribution in [1.29, 1.82) is 0 Å². The van der Waals surface area contributed by atoms with Gasteiger partial charge in [-0.25, -0.2) is 0 Å². The van der Waals surface area contributed by atoms with E-state index in [2.05, 4.69) is 15.9 Å². The lowest BCUT2D eigenvalue weighted by molar-refractivity contribution is -0.154. The average molecular weight is 331 g/mol. The highest BCUT2D eigenvalue weighted by atomic mass is 79.9. The standard InChI is InChI=1S/C12H15BrN2O2S/c1-15(5-8-6-18-7-9(8)13)11(17)12(10(14)16)3-2-4-12/h6-7H,2-5H2,1H3,(H2,14,16). The van der Waals surface area contributed by atoms with Gasteiger partial charge in [0.25, 0.3) is 0 Å². The Morgan fingerprint density at radius 3 is 2.56 bits per heavy atom. The molecule has 1 aliphatic carbocycles. The minimum Gasteiger partial charge on any atom is -0.369 e. The molecular weight excluding hydrogens is 316 g/mol. The second kappa shape index (κ2) is 5.01. The summed E-state index contributed by atoms with van der Waals surface area (Å²) in [4.78, 5) is 25.4. The van der Waals surface area contributed by atoms with Crippen LogP contribution in [0.25, 0.3) is 0 Å². The molecule has 1 heterocycles. The predicted molar refractivity (Wildman–Crippen MR) is 74.0 cm³/mol. The van der Waals surface area contributed by atoms with E-state index in [1.807, 2.05) is 10.8 Å². The Kier molecular flexibility index (Phi) is 3.77. The number of hydrogen-bond acceptors (Lipinski definition) is 3. The topological polar surface area (TPSA) is 63.4 Å². The molecule has 0 radical (unpaired) electrons. The van der Waals surface area contributed by atoms with Gasteiger partial charge in [0.05, 0.1) is 0 Å². The SMILES string of the molecule is CN(Cc1cscc1Br)C(=O)C1(C(N)=O)CCC1. The minimum absolute atomic E-state index is 0.153. The highest BCUT2D eigenvalue weighted by Gasteiger charge is 2.50. The molecule has 6 heteroatoms. The van der Waals surface area contributed by atoms with Crippen LogP contribution in [0.3, 0.4) is 0 Å². The maximum Gasteiger partial charge on any atom is 0.238 e. The van der Waals surface area contributed by atoms with Crippen molar-refractivity contribution in [2.45, 2.75) is 25.8 Å². The van der Waals surface area contributed by atoms with Crippen LogP contribution in [-0.2, 0) is 16.1 Å². The molecule has 4 nitrogen and oxygen atoms in total. The zero-order valence-electron chi connectivity index (χ0n) is 10.1. The molecule has 18 heavy (non-hydrogen) atoms. The Morgan fingerprint density at radius 1 is 1.50 bits per heavy atom. The van der Waals surface area contributed by atoms with Gasteiger partial charge in [0.1, 0.15) is 5.41 Å². The van der Waals surface area contributed by atoms with Gasteiger partial charge in [-0.1, -0.05) is 6.42 Å². The summed E-state index contributed by atoms with van der Waals surface area (Å²) in [6, 6.07) is 0. The lowest BCUT2D eigenvalue weighted by atomic mass is 9.67. The van der Waals surface area contributed by atoms with Gasteiger partial charge in [-0.3, -0.25) is 9.59 Å². The monoisotopic (exact) mass is 330 g/mol. The number of rotatable bonds is 4. The second-order valence-electron chi connectivity index (χ2n) is 4.71. The van der Waals surface area contributed by atoms with Crippen molar-refractivity contribution in [2.75, 3.05) is 7.05 Å². The number of nitrogens with two attached hydrogens (primary N) is 1. The van der Waals surface area contributed by atoms with Gasteiger partial charge in [-0.2, -0.15) is 11.3 Å². The first-order valence-corrected chi connectivity index (χ1v) is 7.47. The number of carbonyl (C=O) groups excluding carboxylic acids is 2. The smallest absolute Gasteiger partial charge is 0.238 e. The number of carbonyl (C=O) groups is 2. The maximum atomic E-state index is 12.3. The van der Waals surface area contributed by atoms with E-state index in [0.29, 0.717) is 19.4 Å². The molecule has 1 aromatic rings. The van der Waals surface area contributed by atoms with E-state index < -0.39 is 11.3 Å². The van der Waals surface area contributed by atoms with Gasteiger partial charge in [0, 0.05) is 23.4 Å². The van der Waals surface area contributed by atoms with E-state index in [-0.39, 0.29) is 5.91 Å². The van der Waals surface area contributed by atoms with Crippen LogP contribution >= 0.6 is 27.3 Å². The molecule has 0 saturated heterocycles. The first-order chi connectivity index (χ1) is 8.47. The lowest BCUT2D eigenvalue weighted by Crippen LogP contribution is -2.54. The van der Waals surface area contributed by atoms with Crippen LogP contribution < -0.4 is 5.73 Å². The maximum absolute atomic E-state index is 12.3. The highest BCUT2D eigenvalue weighted by Crippen LogP contribution is 2.42. The van der Waals surface area contributed by atoms with Crippen LogP contribution in [0, 0.1) is 5.41 Å². The van der Waals surface area contributed by atoms with E-state index in [4.69, 9.17) is 5.73 Å². The molecule has 0 unspecified atom stereocenters. The summed E-state index contributed by atoms with van der Waals surface area (Å²) in [6.45, 7) is 0.498. The molecule has 1 fully saturated rings. The van der Waals surface area contributed by atoms with Crippen molar-refractivity contribution >= 4 is 39.1 Å². The third-order valence-corrected chi connectivity index (χ3v) is 5.36. The van der Waals surface area contributed by atoms with Crippen LogP contribution in [0.2, 0.25) is 0 Å². The van der Waals surface area contributed by atoms with Crippen molar-refractivity contribution in [1.82, 2.24) is 4.90 Å². The van der Waals surface area contributed by atoms with Gasteiger partial charge in [0.15, 0.2) is 0 Å². The second-order valence-corrected chi connectivity index (χ2v) is 6.30. The Morgan fingerprint density at radius 2 is 2.17 bits per heavy atom. The molecule has 1 aliphatic rings. The largest absolute Gasteiger partial charge is 0.369 e. The molecule has 2 amide bonds. The first kappa shape index (κ1) is 13.5. The molecule has 0 aromatic carbocycles. The van der Waals surface area contributed by atoms with Gasteiger partial charge in [-0.05, 0) is 39.7 Å². The summed E-state index contributed by atoms with van der Waals surface area (Å²) in [6.07, 6.45) is 2.05. The van der Waals surface area contributed by atoms with Crippen molar-refractivity contribution in [2.24, 2.45) is 11.1 Å². The Balaban J connectivity index is 2.09. The number of halogens is 1. The number of hydrogen-bond donors (Lipinski definition) is 1. The molecule has 2 rings (SSSR count). The van der Waals surface area contributed by atoms with Gasteiger partial charge >= 0.3 is 0 Å². The zero-order chi connectivity index (χ0) is 13.3. The van der Waals surface area contributed by atoms with E-state index in [0.717, 1.165) is 16.5 Å². The first-order valence-electron chi connectivity index (χ1n) is 5.73. The number of thiophene rings is 1. The summed E-state index contributed by atoms with van der Waals surface area (Å²) in [5.74, 6) is -0.644. The normalized spacial score (nSPS) is 17.0. The summed E-state index contributed by atoms with van der Waals surface area (Å²) in [5.41, 5.74) is 5.48. The average Bonchev–Trinajstić information content (AvgIpc) is 2.62. The van der Waals surface area contributed by atoms with Crippen molar-refractivity contribution in [3.05, 3.63) is 20.8 Å². The van der Waals surface area contributed by atoms with Crippen LogP contribution in [0.1, 0.15) is 24.8 Å². The Bertz CT molecular complexity index is 482. The number of primary amides is 1. The summed E-state index contributed by atoms with van der Waals surface area (Å²) in [7, 11) is 1.72. The number of amides is 2. The zero-order valence-corrected chi connectivity index (χ0v) is 12.5. The van der Waals surface area contributed by atoms with Crippen LogP contribution in [0.15, 0.2) is 15.2 Å².